The molecule has 0 fully saturated rings. The molecule has 0 spiro atoms. The van der Waals surface area contributed by atoms with Crippen LogP contribution in [0.15, 0.2) is 17.3 Å². The summed E-state index contributed by atoms with van der Waals surface area (Å²) in [6.45, 7) is 3.57. The summed E-state index contributed by atoms with van der Waals surface area (Å²) in [5, 5.41) is 22.5. The van der Waals surface area contributed by atoms with Gasteiger partial charge in [-0.1, -0.05) is 13.8 Å². The molecule has 1 heterocycles. The van der Waals surface area contributed by atoms with E-state index in [1.54, 1.807) is 13.8 Å². The molecule has 0 aliphatic carbocycles. The summed E-state index contributed by atoms with van der Waals surface area (Å²) in [7, 11) is -3.77. The fraction of sp³-hybridized carbons (Fsp3) is 0.667. The molecule has 8 nitrogen and oxygen atoms in total. The van der Waals surface area contributed by atoms with Crippen molar-refractivity contribution in [1.29, 1.82) is 0 Å². The number of hydrogen-bond donors (Lipinski definition) is 3. The van der Waals surface area contributed by atoms with E-state index in [9.17, 15) is 18.3 Å². The first-order valence-electron chi connectivity index (χ1n) is 6.68. The lowest BCUT2D eigenvalue weighted by Gasteiger charge is -2.25. The first kappa shape index (κ1) is 17.6. The molecular weight excluding hydrogens is 298 g/mol. The Hall–Kier alpha value is -1.45. The van der Waals surface area contributed by atoms with Gasteiger partial charge < -0.3 is 10.2 Å². The monoisotopic (exact) mass is 319 g/mol. The number of nitrogens with zero attached hydrogens (tertiary/aromatic N) is 2. The Kier molecular flexibility index (Phi) is 5.87. The molecule has 120 valence electrons. The van der Waals surface area contributed by atoms with Crippen LogP contribution >= 0.6 is 0 Å². The summed E-state index contributed by atoms with van der Waals surface area (Å²) >= 11 is 0. The summed E-state index contributed by atoms with van der Waals surface area (Å²) in [4.78, 5) is 10.4. The number of aliphatic hydroxyl groups is 1. The molecule has 0 radical (unpaired) electrons. The second kappa shape index (κ2) is 7.01. The fourth-order valence-electron chi connectivity index (χ4n) is 1.63. The molecule has 0 aromatic carbocycles. The van der Waals surface area contributed by atoms with Gasteiger partial charge in [0.15, 0.2) is 0 Å². The van der Waals surface area contributed by atoms with Crippen LogP contribution in [-0.2, 0) is 21.4 Å². The van der Waals surface area contributed by atoms with Gasteiger partial charge in [-0.2, -0.15) is 5.10 Å². The minimum absolute atomic E-state index is 0.0533. The van der Waals surface area contributed by atoms with Crippen LogP contribution in [0.4, 0.5) is 0 Å². The highest BCUT2D eigenvalue weighted by molar-refractivity contribution is 7.89. The predicted octanol–water partition coefficient (Wildman–Crippen LogP) is 0.187. The summed E-state index contributed by atoms with van der Waals surface area (Å²) in [5.74, 6) is -0.982. The van der Waals surface area contributed by atoms with E-state index in [-0.39, 0.29) is 24.4 Å². The van der Waals surface area contributed by atoms with E-state index in [2.05, 4.69) is 9.82 Å². The van der Waals surface area contributed by atoms with Crippen molar-refractivity contribution in [3.05, 3.63) is 12.4 Å². The van der Waals surface area contributed by atoms with E-state index in [0.29, 0.717) is 12.8 Å². The molecule has 0 bridgehead atoms. The number of nitrogens with one attached hydrogen (secondary N) is 1. The summed E-state index contributed by atoms with van der Waals surface area (Å²) in [6.07, 6.45) is 3.15. The highest BCUT2D eigenvalue weighted by Crippen LogP contribution is 2.15. The van der Waals surface area contributed by atoms with Gasteiger partial charge in [0.25, 0.3) is 0 Å². The fourth-order valence-corrected chi connectivity index (χ4v) is 2.70. The molecule has 1 aromatic heterocycles. The second-order valence-electron chi connectivity index (χ2n) is 4.84. The van der Waals surface area contributed by atoms with Crippen LogP contribution in [0.1, 0.15) is 33.1 Å². The number of aliphatic carboxylic acids is 1. The normalized spacial score (nSPS) is 12.5. The molecule has 1 aromatic rings. The molecule has 0 amide bonds. The molecule has 9 heteroatoms. The summed E-state index contributed by atoms with van der Waals surface area (Å²) in [5.41, 5.74) is -1.08. The number of aromatic nitrogens is 2. The van der Waals surface area contributed by atoms with E-state index < -0.39 is 21.6 Å². The van der Waals surface area contributed by atoms with E-state index in [1.807, 2.05) is 0 Å². The molecule has 3 N–H and O–H groups in total. The first-order chi connectivity index (χ1) is 9.72. The zero-order chi connectivity index (χ0) is 16.1. The molecule has 0 atom stereocenters. The van der Waals surface area contributed by atoms with Crippen LogP contribution in [0.5, 0.6) is 0 Å². The number of hydrogen-bond acceptors (Lipinski definition) is 5. The van der Waals surface area contributed by atoms with Crippen LogP contribution in [0, 0.1) is 0 Å². The van der Waals surface area contributed by atoms with Crippen molar-refractivity contribution in [2.24, 2.45) is 0 Å². The van der Waals surface area contributed by atoms with Gasteiger partial charge in [-0.15, -0.1) is 0 Å². The van der Waals surface area contributed by atoms with Gasteiger partial charge in [0.05, 0.1) is 24.8 Å². The lowest BCUT2D eigenvalue weighted by molar-refractivity contribution is -0.137. The molecule has 0 saturated heterocycles. The van der Waals surface area contributed by atoms with Gasteiger partial charge >= 0.3 is 5.97 Å². The standard InChI is InChI=1S/C12H21N3O5S/c1-3-12(18,4-2)9-14-21(19,20)10-7-13-15(8-10)6-5-11(16)17/h7-8,14,18H,3-6,9H2,1-2H3,(H,16,17). The maximum atomic E-state index is 12.1. The first-order valence-corrected chi connectivity index (χ1v) is 8.17. The van der Waals surface area contributed by atoms with Gasteiger partial charge in [0, 0.05) is 12.7 Å². The van der Waals surface area contributed by atoms with Crippen molar-refractivity contribution in [3.8, 4) is 0 Å². The molecule has 0 aliphatic rings. The van der Waals surface area contributed by atoms with Crippen LogP contribution in [-0.4, -0.2) is 46.5 Å². The Morgan fingerprint density at radius 3 is 2.57 bits per heavy atom. The minimum Gasteiger partial charge on any atom is -0.481 e. The molecular formula is C12H21N3O5S. The quantitative estimate of drug-likeness (QED) is 0.597. The Balaban J connectivity index is 2.73. The third kappa shape index (κ3) is 5.10. The third-order valence-electron chi connectivity index (χ3n) is 3.38. The lowest BCUT2D eigenvalue weighted by atomic mass is 9.98. The van der Waals surface area contributed by atoms with Crippen LogP contribution < -0.4 is 4.72 Å². The van der Waals surface area contributed by atoms with Gasteiger partial charge in [-0.25, -0.2) is 13.1 Å². The van der Waals surface area contributed by atoms with Gasteiger partial charge in [0.2, 0.25) is 10.0 Å². The van der Waals surface area contributed by atoms with Crippen LogP contribution in [0.25, 0.3) is 0 Å². The smallest absolute Gasteiger partial charge is 0.305 e. The third-order valence-corrected chi connectivity index (χ3v) is 4.74. The zero-order valence-electron chi connectivity index (χ0n) is 12.1. The highest BCUT2D eigenvalue weighted by Gasteiger charge is 2.26. The number of aryl methyl sites for hydroxylation is 1. The number of sulfonamides is 1. The molecule has 0 saturated carbocycles. The van der Waals surface area contributed by atoms with E-state index >= 15 is 0 Å². The van der Waals surface area contributed by atoms with Crippen molar-refractivity contribution in [2.75, 3.05) is 6.54 Å². The Morgan fingerprint density at radius 1 is 1.43 bits per heavy atom. The molecule has 1 rings (SSSR count). The van der Waals surface area contributed by atoms with Crippen molar-refractivity contribution in [3.63, 3.8) is 0 Å². The van der Waals surface area contributed by atoms with Crippen molar-refractivity contribution in [2.45, 2.75) is 50.2 Å². The highest BCUT2D eigenvalue weighted by atomic mass is 32.2. The average molecular weight is 319 g/mol. The SMILES string of the molecule is CCC(O)(CC)CNS(=O)(=O)c1cnn(CCC(=O)O)c1. The summed E-state index contributed by atoms with van der Waals surface area (Å²) < 4.78 is 27.7. The topological polar surface area (TPSA) is 122 Å². The number of carboxylic acids is 1. The average Bonchev–Trinajstić information content (AvgIpc) is 2.92. The van der Waals surface area contributed by atoms with Gasteiger partial charge in [-0.05, 0) is 12.8 Å². The van der Waals surface area contributed by atoms with E-state index in [1.165, 1.54) is 10.9 Å². The number of carbonyl (C=O) groups is 1. The van der Waals surface area contributed by atoms with Crippen LogP contribution in [0.3, 0.4) is 0 Å². The molecule has 21 heavy (non-hydrogen) atoms. The second-order valence-corrected chi connectivity index (χ2v) is 6.61. The van der Waals surface area contributed by atoms with Crippen molar-refractivity contribution in [1.82, 2.24) is 14.5 Å². The largest absolute Gasteiger partial charge is 0.481 e. The van der Waals surface area contributed by atoms with Gasteiger partial charge in [0.1, 0.15) is 4.90 Å². The lowest BCUT2D eigenvalue weighted by Crippen LogP contribution is -2.41. The van der Waals surface area contributed by atoms with E-state index in [0.717, 1.165) is 6.20 Å². The predicted molar refractivity (Wildman–Crippen MR) is 75.2 cm³/mol. The Labute approximate surface area is 123 Å². The van der Waals surface area contributed by atoms with Gasteiger partial charge in [-0.3, -0.25) is 9.48 Å². The summed E-state index contributed by atoms with van der Waals surface area (Å²) in [6, 6.07) is 0. The van der Waals surface area contributed by atoms with Crippen molar-refractivity contribution >= 4 is 16.0 Å². The molecule has 0 unspecified atom stereocenters. The van der Waals surface area contributed by atoms with Crippen LogP contribution in [0.2, 0.25) is 0 Å². The Bertz CT molecular complexity index is 577. The zero-order valence-corrected chi connectivity index (χ0v) is 12.9. The maximum Gasteiger partial charge on any atom is 0.305 e. The van der Waals surface area contributed by atoms with Crippen molar-refractivity contribution < 1.29 is 23.4 Å². The number of carboxylic acid groups (broad SMARTS) is 1. The van der Waals surface area contributed by atoms with E-state index in [4.69, 9.17) is 5.11 Å². The Morgan fingerprint density at radius 2 is 2.05 bits per heavy atom. The minimum atomic E-state index is -3.77. The maximum absolute atomic E-state index is 12.1. The number of rotatable bonds is 9. The molecule has 0 aliphatic heterocycles.